The van der Waals surface area contributed by atoms with Gasteiger partial charge in [0.25, 0.3) is 0 Å². The molecule has 1 heterocycles. The van der Waals surface area contributed by atoms with Crippen LogP contribution in [-0.4, -0.2) is 12.5 Å². The first-order valence-corrected chi connectivity index (χ1v) is 6.94. The largest absolute Gasteiger partial charge is 0.374 e. The molecule has 2 aromatic carbocycles. The minimum absolute atomic E-state index is 0.00462. The van der Waals surface area contributed by atoms with Gasteiger partial charge in [0.05, 0.1) is 24.5 Å². The minimum atomic E-state index is -0.282. The van der Waals surface area contributed by atoms with Crippen LogP contribution in [0.15, 0.2) is 36.4 Å². The van der Waals surface area contributed by atoms with Crippen molar-refractivity contribution < 1.29 is 9.18 Å². The molecule has 1 amide bonds. The molecule has 0 radical (unpaired) electrons. The molecule has 0 bridgehead atoms. The number of fused-ring (bicyclic) bond motifs is 1. The average Bonchev–Trinajstić information content (AvgIpc) is 2.44. The summed E-state index contributed by atoms with van der Waals surface area (Å²) in [7, 11) is 0. The van der Waals surface area contributed by atoms with E-state index in [-0.39, 0.29) is 18.3 Å². The van der Waals surface area contributed by atoms with Gasteiger partial charge in [-0.1, -0.05) is 12.1 Å². The summed E-state index contributed by atoms with van der Waals surface area (Å²) in [5, 5.41) is 3.14. The van der Waals surface area contributed by atoms with E-state index in [1.165, 1.54) is 17.7 Å². The third kappa shape index (κ3) is 2.61. The molecule has 21 heavy (non-hydrogen) atoms. The zero-order chi connectivity index (χ0) is 15.0. The van der Waals surface area contributed by atoms with Crippen LogP contribution in [0, 0.1) is 19.7 Å². The average molecular weight is 284 g/mol. The number of rotatable bonds is 2. The molecule has 0 fully saturated rings. The number of anilines is 2. The summed E-state index contributed by atoms with van der Waals surface area (Å²) in [6, 6.07) is 10.4. The maximum atomic E-state index is 13.3. The van der Waals surface area contributed by atoms with Gasteiger partial charge in [-0.05, 0) is 54.8 Å². The van der Waals surface area contributed by atoms with Crippen LogP contribution in [0.5, 0.6) is 0 Å². The lowest BCUT2D eigenvalue weighted by Gasteiger charge is -2.31. The van der Waals surface area contributed by atoms with Gasteiger partial charge in [0.2, 0.25) is 5.91 Å². The molecular formula is C17H17FN2O. The zero-order valence-corrected chi connectivity index (χ0v) is 12.1. The van der Waals surface area contributed by atoms with E-state index in [2.05, 4.69) is 11.4 Å². The van der Waals surface area contributed by atoms with E-state index >= 15 is 0 Å². The molecule has 0 atom stereocenters. The number of carbonyl (C=O) groups is 1. The van der Waals surface area contributed by atoms with Crippen LogP contribution in [-0.2, 0) is 11.3 Å². The Balaban J connectivity index is 1.99. The Kier molecular flexibility index (Phi) is 3.37. The van der Waals surface area contributed by atoms with Crippen molar-refractivity contribution in [3.63, 3.8) is 0 Å². The van der Waals surface area contributed by atoms with Gasteiger partial charge in [0.1, 0.15) is 5.82 Å². The molecular weight excluding hydrogens is 267 g/mol. The molecule has 1 aliphatic rings. The van der Waals surface area contributed by atoms with Crippen molar-refractivity contribution in [2.45, 2.75) is 20.4 Å². The van der Waals surface area contributed by atoms with E-state index in [0.717, 1.165) is 22.5 Å². The monoisotopic (exact) mass is 284 g/mol. The van der Waals surface area contributed by atoms with Crippen LogP contribution in [0.4, 0.5) is 15.8 Å². The summed E-state index contributed by atoms with van der Waals surface area (Å²) in [4.78, 5) is 13.9. The van der Waals surface area contributed by atoms with E-state index in [9.17, 15) is 9.18 Å². The first kappa shape index (κ1) is 13.6. The smallest absolute Gasteiger partial charge is 0.246 e. The Labute approximate surface area is 123 Å². The van der Waals surface area contributed by atoms with Gasteiger partial charge >= 0.3 is 0 Å². The molecule has 3 rings (SSSR count). The third-order valence-electron chi connectivity index (χ3n) is 3.86. The van der Waals surface area contributed by atoms with Crippen LogP contribution in [0.25, 0.3) is 0 Å². The number of carbonyl (C=O) groups excluding carboxylic acids is 1. The van der Waals surface area contributed by atoms with E-state index in [4.69, 9.17) is 0 Å². The van der Waals surface area contributed by atoms with Crippen LogP contribution in [0.2, 0.25) is 0 Å². The van der Waals surface area contributed by atoms with Crippen molar-refractivity contribution in [1.82, 2.24) is 0 Å². The van der Waals surface area contributed by atoms with Crippen molar-refractivity contribution >= 4 is 17.3 Å². The lowest BCUT2D eigenvalue weighted by molar-refractivity contribution is -0.117. The zero-order valence-electron chi connectivity index (χ0n) is 12.1. The molecule has 0 aliphatic carbocycles. The molecule has 2 aromatic rings. The summed E-state index contributed by atoms with van der Waals surface area (Å²) >= 11 is 0. The number of hydrogen-bond donors (Lipinski definition) is 1. The van der Waals surface area contributed by atoms with Gasteiger partial charge < -0.3 is 10.2 Å². The number of aryl methyl sites for hydroxylation is 2. The number of nitrogens with one attached hydrogen (secondary N) is 1. The third-order valence-corrected chi connectivity index (χ3v) is 3.86. The molecule has 4 heteroatoms. The van der Waals surface area contributed by atoms with Gasteiger partial charge in [-0.15, -0.1) is 0 Å². The highest BCUT2D eigenvalue weighted by atomic mass is 19.1. The van der Waals surface area contributed by atoms with Crippen molar-refractivity contribution in [2.24, 2.45) is 0 Å². The second-order valence-electron chi connectivity index (χ2n) is 5.42. The number of halogens is 1. The Morgan fingerprint density at radius 3 is 2.71 bits per heavy atom. The Hall–Kier alpha value is -2.36. The molecule has 108 valence electrons. The second-order valence-corrected chi connectivity index (χ2v) is 5.42. The molecule has 0 saturated heterocycles. The van der Waals surface area contributed by atoms with E-state index < -0.39 is 0 Å². The van der Waals surface area contributed by atoms with Crippen molar-refractivity contribution in [2.75, 3.05) is 16.8 Å². The highest BCUT2D eigenvalue weighted by molar-refractivity contribution is 6.02. The van der Waals surface area contributed by atoms with E-state index in [0.29, 0.717) is 6.54 Å². The Bertz CT molecular complexity index is 712. The number of benzene rings is 2. The number of amides is 1. The van der Waals surface area contributed by atoms with Crippen molar-refractivity contribution in [3.8, 4) is 0 Å². The molecule has 3 nitrogen and oxygen atoms in total. The lowest BCUT2D eigenvalue weighted by atomic mass is 10.0. The fourth-order valence-corrected chi connectivity index (χ4v) is 2.56. The summed E-state index contributed by atoms with van der Waals surface area (Å²) in [6.45, 7) is 4.72. The van der Waals surface area contributed by atoms with Crippen molar-refractivity contribution in [1.29, 1.82) is 0 Å². The van der Waals surface area contributed by atoms with Crippen LogP contribution >= 0.6 is 0 Å². The van der Waals surface area contributed by atoms with Gasteiger partial charge in [0.15, 0.2) is 0 Å². The van der Waals surface area contributed by atoms with Crippen LogP contribution < -0.4 is 10.2 Å². The maximum Gasteiger partial charge on any atom is 0.246 e. The van der Waals surface area contributed by atoms with Gasteiger partial charge in [-0.25, -0.2) is 4.39 Å². The maximum absolute atomic E-state index is 13.3. The standard InChI is InChI=1S/C17H17FN2O/c1-11-6-15-16(7-12(11)2)20(17(21)9-19-15)10-13-4-3-5-14(18)8-13/h3-8,19H,9-10H2,1-2H3. The predicted molar refractivity (Wildman–Crippen MR) is 82.0 cm³/mol. The molecule has 1 aliphatic heterocycles. The molecule has 0 aromatic heterocycles. The number of nitrogens with zero attached hydrogens (tertiary/aromatic N) is 1. The normalized spacial score (nSPS) is 13.9. The van der Waals surface area contributed by atoms with E-state index in [1.54, 1.807) is 11.0 Å². The van der Waals surface area contributed by atoms with Gasteiger partial charge in [-0.2, -0.15) is 0 Å². The quantitative estimate of drug-likeness (QED) is 0.916. The molecule has 1 N–H and O–H groups in total. The lowest BCUT2D eigenvalue weighted by Crippen LogP contribution is -2.39. The topological polar surface area (TPSA) is 32.3 Å². The molecule has 0 spiro atoms. The highest BCUT2D eigenvalue weighted by Gasteiger charge is 2.24. The van der Waals surface area contributed by atoms with E-state index in [1.807, 2.05) is 26.0 Å². The minimum Gasteiger partial charge on any atom is -0.374 e. The van der Waals surface area contributed by atoms with Crippen LogP contribution in [0.1, 0.15) is 16.7 Å². The molecule has 0 saturated carbocycles. The van der Waals surface area contributed by atoms with Crippen LogP contribution in [0.3, 0.4) is 0 Å². The van der Waals surface area contributed by atoms with Crippen molar-refractivity contribution in [3.05, 3.63) is 58.9 Å². The second kappa shape index (κ2) is 5.20. The summed E-state index contributed by atoms with van der Waals surface area (Å²) in [5.41, 5.74) is 4.91. The van der Waals surface area contributed by atoms with Gasteiger partial charge in [-0.3, -0.25) is 4.79 Å². The Morgan fingerprint density at radius 2 is 1.95 bits per heavy atom. The molecule has 0 unspecified atom stereocenters. The summed E-state index contributed by atoms with van der Waals surface area (Å²) in [5.74, 6) is -0.287. The SMILES string of the molecule is Cc1cc2c(cc1C)N(Cc1cccc(F)c1)C(=O)CN2. The fourth-order valence-electron chi connectivity index (χ4n) is 2.56. The first-order chi connectivity index (χ1) is 10.0. The first-order valence-electron chi connectivity index (χ1n) is 6.94. The summed E-state index contributed by atoms with van der Waals surface area (Å²) < 4.78 is 13.3. The summed E-state index contributed by atoms with van der Waals surface area (Å²) in [6.07, 6.45) is 0. The highest BCUT2D eigenvalue weighted by Crippen LogP contribution is 2.33. The number of hydrogen-bond acceptors (Lipinski definition) is 2. The Morgan fingerprint density at radius 1 is 1.19 bits per heavy atom. The fraction of sp³-hybridized carbons (Fsp3) is 0.235. The predicted octanol–water partition coefficient (Wildman–Crippen LogP) is 3.40. The van der Waals surface area contributed by atoms with Gasteiger partial charge in [0, 0.05) is 0 Å².